The first-order valence-electron chi connectivity index (χ1n) is 8.10. The van der Waals surface area contributed by atoms with Crippen LogP contribution in [-0.2, 0) is 20.7 Å². The fourth-order valence-corrected chi connectivity index (χ4v) is 2.37. The summed E-state index contributed by atoms with van der Waals surface area (Å²) in [4.78, 5) is 23.7. The summed E-state index contributed by atoms with van der Waals surface area (Å²) in [6, 6.07) is 13.1. The number of rotatable bonds is 7. The highest BCUT2D eigenvalue weighted by Gasteiger charge is 2.15. The third kappa shape index (κ3) is 6.69. The molecule has 1 atom stereocenters. The number of esters is 1. The zero-order chi connectivity index (χ0) is 18.9. The minimum Gasteiger partial charge on any atom is -0.449 e. The van der Waals surface area contributed by atoms with Gasteiger partial charge in [0.15, 0.2) is 6.10 Å². The SMILES string of the molecule is C[C@@H](OC(=O)/C=C/c1cccc(Cl)c1)C(=O)NCCc1ccc(F)cc1. The highest BCUT2D eigenvalue weighted by Crippen LogP contribution is 2.12. The Morgan fingerprint density at radius 1 is 1.23 bits per heavy atom. The van der Waals surface area contributed by atoms with Gasteiger partial charge in [-0.15, -0.1) is 0 Å². The fraction of sp³-hybridized carbons (Fsp3) is 0.200. The van der Waals surface area contributed by atoms with Gasteiger partial charge >= 0.3 is 5.97 Å². The maximum absolute atomic E-state index is 12.8. The number of hydrogen-bond acceptors (Lipinski definition) is 3. The van der Waals surface area contributed by atoms with Crippen LogP contribution in [0.2, 0.25) is 5.02 Å². The molecule has 0 aliphatic rings. The van der Waals surface area contributed by atoms with Gasteiger partial charge < -0.3 is 10.1 Å². The van der Waals surface area contributed by atoms with Crippen molar-refractivity contribution in [3.63, 3.8) is 0 Å². The summed E-state index contributed by atoms with van der Waals surface area (Å²) in [7, 11) is 0. The van der Waals surface area contributed by atoms with Crippen LogP contribution in [0, 0.1) is 5.82 Å². The van der Waals surface area contributed by atoms with Crippen molar-refractivity contribution in [2.75, 3.05) is 6.54 Å². The lowest BCUT2D eigenvalue weighted by Gasteiger charge is -2.12. The van der Waals surface area contributed by atoms with Crippen molar-refractivity contribution in [3.8, 4) is 0 Å². The lowest BCUT2D eigenvalue weighted by Crippen LogP contribution is -2.36. The number of halogens is 2. The average Bonchev–Trinajstić information content (AvgIpc) is 2.61. The molecular formula is C20H19ClFNO3. The Hall–Kier alpha value is -2.66. The Morgan fingerprint density at radius 2 is 1.96 bits per heavy atom. The summed E-state index contributed by atoms with van der Waals surface area (Å²) in [5, 5.41) is 3.24. The van der Waals surface area contributed by atoms with Crippen molar-refractivity contribution >= 4 is 29.6 Å². The first kappa shape index (κ1) is 19.7. The van der Waals surface area contributed by atoms with Crippen LogP contribution in [0.15, 0.2) is 54.6 Å². The molecule has 0 radical (unpaired) electrons. The first-order valence-corrected chi connectivity index (χ1v) is 8.48. The summed E-state index contributed by atoms with van der Waals surface area (Å²) in [6.45, 7) is 1.86. The summed E-state index contributed by atoms with van der Waals surface area (Å²) < 4.78 is 17.9. The zero-order valence-corrected chi connectivity index (χ0v) is 15.0. The fourth-order valence-electron chi connectivity index (χ4n) is 2.17. The molecule has 0 spiro atoms. The van der Waals surface area contributed by atoms with Gasteiger partial charge in [0.1, 0.15) is 5.82 Å². The van der Waals surface area contributed by atoms with Gasteiger partial charge in [0.25, 0.3) is 5.91 Å². The van der Waals surface area contributed by atoms with E-state index in [1.807, 2.05) is 0 Å². The Kier molecular flexibility index (Phi) is 7.36. The van der Waals surface area contributed by atoms with Crippen LogP contribution < -0.4 is 5.32 Å². The first-order chi connectivity index (χ1) is 12.4. The average molecular weight is 376 g/mol. The van der Waals surface area contributed by atoms with Crippen molar-refractivity contribution in [3.05, 3.63) is 76.6 Å². The number of carbonyl (C=O) groups excluding carboxylic acids is 2. The molecule has 0 fully saturated rings. The number of amides is 1. The van der Waals surface area contributed by atoms with Crippen LogP contribution in [-0.4, -0.2) is 24.5 Å². The molecule has 0 aromatic heterocycles. The van der Waals surface area contributed by atoms with Crippen LogP contribution in [0.3, 0.4) is 0 Å². The largest absolute Gasteiger partial charge is 0.449 e. The highest BCUT2D eigenvalue weighted by atomic mass is 35.5. The van der Waals surface area contributed by atoms with Gasteiger partial charge in [-0.05, 0) is 54.8 Å². The summed E-state index contributed by atoms with van der Waals surface area (Å²) in [6.07, 6.45) is 2.45. The van der Waals surface area contributed by atoms with Crippen LogP contribution in [0.5, 0.6) is 0 Å². The standard InChI is InChI=1S/C20H19ClFNO3/c1-14(20(25)23-12-11-15-5-8-18(22)9-6-15)26-19(24)10-7-16-3-2-4-17(21)13-16/h2-10,13-14H,11-12H2,1H3,(H,23,25)/b10-7+/t14-/m1/s1. The quantitative estimate of drug-likeness (QED) is 0.592. The Bertz CT molecular complexity index is 790. The lowest BCUT2D eigenvalue weighted by atomic mass is 10.1. The monoisotopic (exact) mass is 375 g/mol. The summed E-state index contributed by atoms with van der Waals surface area (Å²) in [5.74, 6) is -1.31. The number of carbonyl (C=O) groups is 2. The second-order valence-corrected chi connectivity index (χ2v) is 6.07. The molecule has 0 bridgehead atoms. The number of benzene rings is 2. The molecule has 1 amide bonds. The topological polar surface area (TPSA) is 55.4 Å². The maximum Gasteiger partial charge on any atom is 0.331 e. The predicted molar refractivity (Wildman–Crippen MR) is 99.2 cm³/mol. The van der Waals surface area contributed by atoms with E-state index >= 15 is 0 Å². The highest BCUT2D eigenvalue weighted by molar-refractivity contribution is 6.30. The Morgan fingerprint density at radius 3 is 2.65 bits per heavy atom. The smallest absolute Gasteiger partial charge is 0.331 e. The van der Waals surface area contributed by atoms with Crippen LogP contribution >= 0.6 is 11.6 Å². The zero-order valence-electron chi connectivity index (χ0n) is 14.2. The van der Waals surface area contributed by atoms with E-state index in [0.717, 1.165) is 11.1 Å². The molecule has 2 rings (SSSR count). The molecule has 0 saturated carbocycles. The van der Waals surface area contributed by atoms with E-state index in [2.05, 4.69) is 5.32 Å². The molecule has 136 valence electrons. The van der Waals surface area contributed by atoms with E-state index in [-0.39, 0.29) is 5.82 Å². The molecule has 6 heteroatoms. The number of hydrogen-bond donors (Lipinski definition) is 1. The molecule has 0 saturated heterocycles. The second-order valence-electron chi connectivity index (χ2n) is 5.63. The molecule has 2 aromatic rings. The van der Waals surface area contributed by atoms with E-state index < -0.39 is 18.0 Å². The molecular weight excluding hydrogens is 357 g/mol. The van der Waals surface area contributed by atoms with Gasteiger partial charge in [0.2, 0.25) is 0 Å². The van der Waals surface area contributed by atoms with Crippen LogP contribution in [0.1, 0.15) is 18.1 Å². The molecule has 2 aromatic carbocycles. The van der Waals surface area contributed by atoms with E-state index in [4.69, 9.17) is 16.3 Å². The molecule has 0 heterocycles. The number of nitrogens with one attached hydrogen (secondary N) is 1. The van der Waals surface area contributed by atoms with Gasteiger partial charge in [-0.1, -0.05) is 35.9 Å². The van der Waals surface area contributed by atoms with Gasteiger partial charge in [0, 0.05) is 17.6 Å². The van der Waals surface area contributed by atoms with E-state index in [1.165, 1.54) is 25.1 Å². The second kappa shape index (κ2) is 9.73. The maximum atomic E-state index is 12.8. The number of ether oxygens (including phenoxy) is 1. The van der Waals surface area contributed by atoms with Crippen molar-refractivity contribution in [2.24, 2.45) is 0 Å². The van der Waals surface area contributed by atoms with E-state index in [1.54, 1.807) is 42.5 Å². The molecule has 0 aliphatic carbocycles. The van der Waals surface area contributed by atoms with Crippen molar-refractivity contribution in [1.29, 1.82) is 0 Å². The molecule has 4 nitrogen and oxygen atoms in total. The molecule has 0 aliphatic heterocycles. The van der Waals surface area contributed by atoms with E-state index in [0.29, 0.717) is 18.0 Å². The van der Waals surface area contributed by atoms with Crippen molar-refractivity contribution < 1.29 is 18.7 Å². The third-order valence-electron chi connectivity index (χ3n) is 3.55. The molecule has 1 N–H and O–H groups in total. The molecule has 26 heavy (non-hydrogen) atoms. The predicted octanol–water partition coefficient (Wildman–Crippen LogP) is 3.78. The van der Waals surface area contributed by atoms with Crippen molar-refractivity contribution in [1.82, 2.24) is 5.32 Å². The third-order valence-corrected chi connectivity index (χ3v) is 3.78. The van der Waals surface area contributed by atoms with Crippen molar-refractivity contribution in [2.45, 2.75) is 19.4 Å². The Balaban J connectivity index is 1.75. The minimum atomic E-state index is -0.917. The minimum absolute atomic E-state index is 0.302. The van der Waals surface area contributed by atoms with Gasteiger partial charge in [-0.25, -0.2) is 9.18 Å². The summed E-state index contributed by atoms with van der Waals surface area (Å²) in [5.41, 5.74) is 1.66. The lowest BCUT2D eigenvalue weighted by molar-refractivity contribution is -0.150. The van der Waals surface area contributed by atoms with Gasteiger partial charge in [-0.3, -0.25) is 4.79 Å². The summed E-state index contributed by atoms with van der Waals surface area (Å²) >= 11 is 5.86. The van der Waals surface area contributed by atoms with Crippen LogP contribution in [0.4, 0.5) is 4.39 Å². The van der Waals surface area contributed by atoms with E-state index in [9.17, 15) is 14.0 Å². The van der Waals surface area contributed by atoms with Gasteiger partial charge in [0.05, 0.1) is 0 Å². The van der Waals surface area contributed by atoms with Gasteiger partial charge in [-0.2, -0.15) is 0 Å². The van der Waals surface area contributed by atoms with Crippen LogP contribution in [0.25, 0.3) is 6.08 Å². The Labute approximate surface area is 156 Å². The normalized spacial score (nSPS) is 12.0. The molecule has 0 unspecified atom stereocenters.